The Morgan fingerprint density at radius 1 is 1.37 bits per heavy atom. The van der Waals surface area contributed by atoms with E-state index in [1.165, 1.54) is 6.42 Å². The van der Waals surface area contributed by atoms with Crippen molar-refractivity contribution < 1.29 is 14.7 Å². The van der Waals surface area contributed by atoms with Crippen molar-refractivity contribution in [2.45, 2.75) is 58.4 Å². The van der Waals surface area contributed by atoms with Crippen LogP contribution in [0.3, 0.4) is 0 Å². The van der Waals surface area contributed by atoms with Gasteiger partial charge in [0, 0.05) is 25.6 Å². The minimum atomic E-state index is -0.752. The van der Waals surface area contributed by atoms with Crippen LogP contribution in [0.1, 0.15) is 52.4 Å². The van der Waals surface area contributed by atoms with Crippen molar-refractivity contribution in [3.8, 4) is 0 Å². The lowest BCUT2D eigenvalue weighted by Crippen LogP contribution is -2.47. The van der Waals surface area contributed by atoms with E-state index in [4.69, 9.17) is 5.11 Å². The Bertz CT molecular complexity index is 307. The molecule has 0 radical (unpaired) electrons. The summed E-state index contributed by atoms with van der Waals surface area (Å²) in [6, 6.07) is 0.357. The van der Waals surface area contributed by atoms with Crippen LogP contribution in [0.5, 0.6) is 0 Å². The van der Waals surface area contributed by atoms with E-state index >= 15 is 0 Å². The van der Waals surface area contributed by atoms with Gasteiger partial charge in [0.15, 0.2) is 0 Å². The van der Waals surface area contributed by atoms with Crippen molar-refractivity contribution in [3.63, 3.8) is 0 Å². The van der Waals surface area contributed by atoms with E-state index in [0.29, 0.717) is 24.9 Å². The van der Waals surface area contributed by atoms with Crippen LogP contribution in [-0.2, 0) is 4.79 Å². The standard InChI is InChI=1S/C14H26N2O3/c1-11(6-7-13(17)18)8-9-15-14(19)16-10-4-3-5-12(16)2/h11-12H,3-10H2,1-2H3,(H,15,19)(H,17,18). The minimum absolute atomic E-state index is 0.0256. The van der Waals surface area contributed by atoms with Crippen LogP contribution < -0.4 is 5.32 Å². The second kappa shape index (κ2) is 8.02. The molecular formula is C14H26N2O3. The molecule has 1 heterocycles. The van der Waals surface area contributed by atoms with Crippen molar-refractivity contribution in [3.05, 3.63) is 0 Å². The molecule has 2 unspecified atom stereocenters. The number of likely N-dealkylation sites (tertiary alicyclic amines) is 1. The summed E-state index contributed by atoms with van der Waals surface area (Å²) in [5, 5.41) is 11.5. The maximum atomic E-state index is 12.0. The van der Waals surface area contributed by atoms with Crippen molar-refractivity contribution >= 4 is 12.0 Å². The zero-order valence-electron chi connectivity index (χ0n) is 12.0. The van der Waals surface area contributed by atoms with Gasteiger partial charge in [0.25, 0.3) is 0 Å². The maximum absolute atomic E-state index is 12.0. The normalized spacial score (nSPS) is 20.9. The van der Waals surface area contributed by atoms with Crippen LogP contribution in [0.15, 0.2) is 0 Å². The monoisotopic (exact) mass is 270 g/mol. The van der Waals surface area contributed by atoms with Gasteiger partial charge in [-0.2, -0.15) is 0 Å². The maximum Gasteiger partial charge on any atom is 0.317 e. The first-order valence-corrected chi connectivity index (χ1v) is 7.27. The van der Waals surface area contributed by atoms with Gasteiger partial charge < -0.3 is 15.3 Å². The molecule has 1 saturated heterocycles. The average Bonchev–Trinajstić information content (AvgIpc) is 2.36. The lowest BCUT2D eigenvalue weighted by Gasteiger charge is -2.33. The summed E-state index contributed by atoms with van der Waals surface area (Å²) >= 11 is 0. The van der Waals surface area contributed by atoms with Gasteiger partial charge in [-0.3, -0.25) is 4.79 Å². The number of piperidine rings is 1. The molecule has 0 bridgehead atoms. The van der Waals surface area contributed by atoms with Crippen molar-refractivity contribution in [1.29, 1.82) is 0 Å². The topological polar surface area (TPSA) is 69.6 Å². The zero-order valence-corrected chi connectivity index (χ0v) is 12.0. The largest absolute Gasteiger partial charge is 0.481 e. The quantitative estimate of drug-likeness (QED) is 0.779. The fraction of sp³-hybridized carbons (Fsp3) is 0.857. The number of carbonyl (C=O) groups is 2. The highest BCUT2D eigenvalue weighted by atomic mass is 16.4. The molecule has 110 valence electrons. The first kappa shape index (κ1) is 15.8. The molecule has 0 saturated carbocycles. The number of rotatable bonds is 6. The SMILES string of the molecule is CC(CCNC(=O)N1CCCCC1C)CCC(=O)O. The molecule has 1 rings (SSSR count). The van der Waals surface area contributed by atoms with Crippen LogP contribution in [0.25, 0.3) is 0 Å². The highest BCUT2D eigenvalue weighted by molar-refractivity contribution is 5.74. The molecule has 0 aromatic carbocycles. The number of hydrogen-bond acceptors (Lipinski definition) is 2. The van der Waals surface area contributed by atoms with Gasteiger partial charge in [-0.15, -0.1) is 0 Å². The molecule has 2 amide bonds. The van der Waals surface area contributed by atoms with Crippen LogP contribution in [0.4, 0.5) is 4.79 Å². The van der Waals surface area contributed by atoms with Crippen LogP contribution in [0.2, 0.25) is 0 Å². The summed E-state index contributed by atoms with van der Waals surface area (Å²) < 4.78 is 0. The number of urea groups is 1. The minimum Gasteiger partial charge on any atom is -0.481 e. The van der Waals surface area contributed by atoms with Gasteiger partial charge in [-0.1, -0.05) is 6.92 Å². The smallest absolute Gasteiger partial charge is 0.317 e. The van der Waals surface area contributed by atoms with E-state index in [1.54, 1.807) is 0 Å². The van der Waals surface area contributed by atoms with E-state index in [9.17, 15) is 9.59 Å². The Hall–Kier alpha value is -1.26. The first-order valence-electron chi connectivity index (χ1n) is 7.27. The van der Waals surface area contributed by atoms with Crippen molar-refractivity contribution in [2.24, 2.45) is 5.92 Å². The third-order valence-corrected chi connectivity index (χ3v) is 3.83. The summed E-state index contributed by atoms with van der Waals surface area (Å²) in [5.74, 6) is -0.423. The summed E-state index contributed by atoms with van der Waals surface area (Å²) in [6.07, 6.45) is 5.09. The summed E-state index contributed by atoms with van der Waals surface area (Å²) in [4.78, 5) is 24.3. The molecule has 2 N–H and O–H groups in total. The van der Waals surface area contributed by atoms with Crippen molar-refractivity contribution in [1.82, 2.24) is 10.2 Å². The van der Waals surface area contributed by atoms with Crippen LogP contribution in [0, 0.1) is 5.92 Å². The fourth-order valence-electron chi connectivity index (χ4n) is 2.44. The number of carbonyl (C=O) groups excluding carboxylic acids is 1. The van der Waals surface area contributed by atoms with Gasteiger partial charge >= 0.3 is 12.0 Å². The molecular weight excluding hydrogens is 244 g/mol. The Morgan fingerprint density at radius 3 is 2.74 bits per heavy atom. The molecule has 1 aliphatic heterocycles. The van der Waals surface area contributed by atoms with Crippen LogP contribution >= 0.6 is 0 Å². The zero-order chi connectivity index (χ0) is 14.3. The second-order valence-electron chi connectivity index (χ2n) is 5.60. The average molecular weight is 270 g/mol. The highest BCUT2D eigenvalue weighted by Gasteiger charge is 2.22. The molecule has 0 aliphatic carbocycles. The first-order chi connectivity index (χ1) is 9.00. The molecule has 0 aromatic heterocycles. The van der Waals surface area contributed by atoms with Crippen molar-refractivity contribution in [2.75, 3.05) is 13.1 Å². The number of carboxylic acid groups (broad SMARTS) is 1. The molecule has 19 heavy (non-hydrogen) atoms. The second-order valence-corrected chi connectivity index (χ2v) is 5.60. The van der Waals surface area contributed by atoms with Gasteiger partial charge in [0.05, 0.1) is 0 Å². The summed E-state index contributed by atoms with van der Waals surface area (Å²) in [5.41, 5.74) is 0. The number of aliphatic carboxylic acids is 1. The van der Waals surface area contributed by atoms with E-state index < -0.39 is 5.97 Å². The molecule has 0 spiro atoms. The molecule has 5 nitrogen and oxygen atoms in total. The molecule has 5 heteroatoms. The summed E-state index contributed by atoms with van der Waals surface area (Å²) in [7, 11) is 0. The van der Waals surface area contributed by atoms with E-state index in [0.717, 1.165) is 25.8 Å². The van der Waals surface area contributed by atoms with E-state index in [-0.39, 0.29) is 12.5 Å². The number of nitrogens with zero attached hydrogens (tertiary/aromatic N) is 1. The summed E-state index contributed by atoms with van der Waals surface area (Å²) in [6.45, 7) is 5.59. The predicted molar refractivity (Wildman–Crippen MR) is 74.1 cm³/mol. The Morgan fingerprint density at radius 2 is 2.11 bits per heavy atom. The van der Waals surface area contributed by atoms with E-state index in [1.807, 2.05) is 11.8 Å². The molecule has 2 atom stereocenters. The van der Waals surface area contributed by atoms with Gasteiger partial charge in [0.2, 0.25) is 0 Å². The third kappa shape index (κ3) is 5.94. The third-order valence-electron chi connectivity index (χ3n) is 3.83. The predicted octanol–water partition coefficient (Wildman–Crippen LogP) is 2.46. The number of nitrogens with one attached hydrogen (secondary N) is 1. The number of amides is 2. The van der Waals surface area contributed by atoms with E-state index in [2.05, 4.69) is 12.2 Å². The lowest BCUT2D eigenvalue weighted by molar-refractivity contribution is -0.137. The number of hydrogen-bond donors (Lipinski definition) is 2. The lowest BCUT2D eigenvalue weighted by atomic mass is 10.0. The molecule has 0 aromatic rings. The Balaban J connectivity index is 2.17. The van der Waals surface area contributed by atoms with Crippen LogP contribution in [-0.4, -0.2) is 41.1 Å². The Labute approximate surface area is 115 Å². The van der Waals surface area contributed by atoms with Gasteiger partial charge in [0.1, 0.15) is 0 Å². The Kier molecular flexibility index (Phi) is 6.67. The number of carboxylic acids is 1. The molecule has 1 fully saturated rings. The van der Waals surface area contributed by atoms with Gasteiger partial charge in [-0.05, 0) is 44.9 Å². The van der Waals surface area contributed by atoms with Gasteiger partial charge in [-0.25, -0.2) is 4.79 Å². The highest BCUT2D eigenvalue weighted by Crippen LogP contribution is 2.16. The molecule has 1 aliphatic rings. The fourth-order valence-corrected chi connectivity index (χ4v) is 2.44.